The third-order valence-electron chi connectivity index (χ3n) is 1.86. The monoisotopic (exact) mass is 289 g/mol. The summed E-state index contributed by atoms with van der Waals surface area (Å²) in [6, 6.07) is 9.62. The maximum atomic E-state index is 11.2. The number of hydrogen-bond donors (Lipinski definition) is 3. The number of benzene rings is 1. The molecular weight excluding hydrogens is 274 g/mol. The van der Waals surface area contributed by atoms with E-state index in [1.807, 2.05) is 30.3 Å². The van der Waals surface area contributed by atoms with Gasteiger partial charge in [-0.05, 0) is 17.3 Å². The van der Waals surface area contributed by atoms with E-state index in [0.717, 1.165) is 5.56 Å². The van der Waals surface area contributed by atoms with E-state index in [1.165, 1.54) is 11.8 Å². The number of nitrogens with one attached hydrogen (secondary N) is 1. The Bertz CT molecular complexity index is 376. The number of amides is 1. The molecular formula is C11H16ClN3O2S. The van der Waals surface area contributed by atoms with Crippen molar-refractivity contribution in [3.8, 4) is 0 Å². The minimum atomic E-state index is -0.440. The van der Waals surface area contributed by atoms with Crippen molar-refractivity contribution in [3.05, 3.63) is 35.9 Å². The van der Waals surface area contributed by atoms with Crippen LogP contribution in [0.5, 0.6) is 0 Å². The third kappa shape index (κ3) is 7.81. The van der Waals surface area contributed by atoms with Crippen LogP contribution in [0, 0.1) is 0 Å². The van der Waals surface area contributed by atoms with Gasteiger partial charge in [-0.1, -0.05) is 30.3 Å². The molecule has 1 rings (SSSR count). The van der Waals surface area contributed by atoms with Gasteiger partial charge in [0.05, 0.1) is 0 Å². The van der Waals surface area contributed by atoms with E-state index in [2.05, 4.69) is 5.32 Å². The van der Waals surface area contributed by atoms with Gasteiger partial charge in [-0.25, -0.2) is 4.79 Å². The number of amidine groups is 1. The molecule has 1 amide bonds. The summed E-state index contributed by atoms with van der Waals surface area (Å²) in [6.45, 7) is 0.737. The molecule has 5 nitrogen and oxygen atoms in total. The second-order valence-corrected chi connectivity index (χ2v) is 4.39. The molecule has 0 saturated carbocycles. The molecule has 0 spiro atoms. The predicted molar refractivity (Wildman–Crippen MR) is 68.2 cm³/mol. The Labute approximate surface area is 116 Å². The van der Waals surface area contributed by atoms with Gasteiger partial charge in [0, 0.05) is 12.3 Å². The van der Waals surface area contributed by atoms with E-state index in [-0.39, 0.29) is 24.2 Å². The molecule has 100 valence electrons. The van der Waals surface area contributed by atoms with Gasteiger partial charge in [-0.15, -0.1) is 0 Å². The number of carbonyl (C=O) groups excluding carboxylic acids is 1. The van der Waals surface area contributed by atoms with Gasteiger partial charge in [0.15, 0.2) is 0 Å². The lowest BCUT2D eigenvalue weighted by atomic mass is 10.2. The van der Waals surface area contributed by atoms with Gasteiger partial charge in [0.1, 0.15) is 6.61 Å². The number of nitrogens with two attached hydrogens (primary N) is 2. The normalized spacial score (nSPS) is 9.11. The molecule has 0 aromatic heterocycles. The van der Waals surface area contributed by atoms with E-state index in [9.17, 15) is 4.79 Å². The Balaban J connectivity index is 0.00000289. The Kier molecular flexibility index (Phi) is 8.86. The smallest absolute Gasteiger partial charge is 0.407 e. The molecule has 0 radical (unpaired) electrons. The van der Waals surface area contributed by atoms with Crippen LogP contribution >= 0.6 is 11.8 Å². The molecule has 0 aliphatic rings. The number of alkyl carbamates (subject to hydrolysis) is 1. The molecule has 0 aliphatic heterocycles. The molecule has 0 heterocycles. The summed E-state index contributed by atoms with van der Waals surface area (Å²) < 4.78 is 4.92. The van der Waals surface area contributed by atoms with Gasteiger partial charge in [-0.3, -0.25) is 11.1 Å². The summed E-state index contributed by atoms with van der Waals surface area (Å²) in [5.41, 5.74) is 6.27. The zero-order valence-electron chi connectivity index (χ0n) is 9.77. The van der Waals surface area contributed by atoms with Crippen LogP contribution < -0.4 is 28.9 Å². The first kappa shape index (κ1) is 16.6. The van der Waals surface area contributed by atoms with Crippen molar-refractivity contribution in [2.45, 2.75) is 6.54 Å². The van der Waals surface area contributed by atoms with Gasteiger partial charge < -0.3 is 22.5 Å². The third-order valence-corrected chi connectivity index (χ3v) is 2.57. The van der Waals surface area contributed by atoms with Crippen LogP contribution in [-0.2, 0) is 11.3 Å². The first-order valence-electron chi connectivity index (χ1n) is 5.13. The van der Waals surface area contributed by atoms with E-state index in [4.69, 9.17) is 15.9 Å². The van der Waals surface area contributed by atoms with Crippen LogP contribution in [0.1, 0.15) is 5.56 Å². The highest BCUT2D eigenvalue weighted by Crippen LogP contribution is 1.98. The topological polar surface area (TPSA) is 89.9 Å². The fourth-order valence-electron chi connectivity index (χ4n) is 1.12. The van der Waals surface area contributed by atoms with Crippen molar-refractivity contribution in [3.63, 3.8) is 0 Å². The van der Waals surface area contributed by atoms with Crippen molar-refractivity contribution in [1.29, 1.82) is 0 Å². The van der Waals surface area contributed by atoms with Crippen LogP contribution in [0.15, 0.2) is 30.3 Å². The van der Waals surface area contributed by atoms with Gasteiger partial charge in [0.2, 0.25) is 0 Å². The zero-order valence-corrected chi connectivity index (χ0v) is 11.3. The summed E-state index contributed by atoms with van der Waals surface area (Å²) in [5.74, 6) is 0.557. The minimum absolute atomic E-state index is 0. The lowest BCUT2D eigenvalue weighted by Crippen LogP contribution is -3.00. The standard InChI is InChI=1S/C11H15N3O2S.ClH/c12-10(13)17-7-6-16-11(15)14-8-9-4-2-1-3-5-9;/h1-5H,6-8H2,(H3,12,13)(H,14,15);1H. The Morgan fingerprint density at radius 2 is 2.06 bits per heavy atom. The summed E-state index contributed by atoms with van der Waals surface area (Å²) in [7, 11) is 0. The van der Waals surface area contributed by atoms with Crippen LogP contribution in [0.2, 0.25) is 0 Å². The number of rotatable bonds is 5. The molecule has 0 atom stereocenters. The van der Waals surface area contributed by atoms with Gasteiger partial charge >= 0.3 is 6.09 Å². The van der Waals surface area contributed by atoms with E-state index in [1.54, 1.807) is 0 Å². The van der Waals surface area contributed by atoms with Crippen molar-refractivity contribution in [2.24, 2.45) is 5.73 Å². The lowest BCUT2D eigenvalue weighted by molar-refractivity contribution is -0.110. The minimum Gasteiger partial charge on any atom is -1.00 e. The SMILES string of the molecule is NC(=[NH2+])SCCOC(=O)NCc1ccccc1.[Cl-]. The van der Waals surface area contributed by atoms with E-state index >= 15 is 0 Å². The fraction of sp³-hybridized carbons (Fsp3) is 0.273. The van der Waals surface area contributed by atoms with Gasteiger partial charge in [0.25, 0.3) is 5.17 Å². The number of halogens is 1. The molecule has 1 aromatic carbocycles. The zero-order chi connectivity index (χ0) is 12.5. The van der Waals surface area contributed by atoms with Gasteiger partial charge in [-0.2, -0.15) is 0 Å². The fourth-order valence-corrected chi connectivity index (χ4v) is 1.52. The molecule has 1 aromatic rings. The van der Waals surface area contributed by atoms with E-state index < -0.39 is 6.09 Å². The second kappa shape index (κ2) is 9.61. The highest BCUT2D eigenvalue weighted by atomic mass is 35.5. The Morgan fingerprint density at radius 1 is 1.39 bits per heavy atom. The van der Waals surface area contributed by atoms with E-state index in [0.29, 0.717) is 12.3 Å². The summed E-state index contributed by atoms with van der Waals surface area (Å²) >= 11 is 1.25. The van der Waals surface area contributed by atoms with Crippen molar-refractivity contribution >= 4 is 23.0 Å². The molecule has 0 bridgehead atoms. The number of thioether (sulfide) groups is 1. The number of ether oxygens (including phenoxy) is 1. The molecule has 7 heteroatoms. The lowest BCUT2D eigenvalue weighted by Gasteiger charge is -2.06. The number of hydrogen-bond acceptors (Lipinski definition) is 3. The quantitative estimate of drug-likeness (QED) is 0.301. The largest absolute Gasteiger partial charge is 1.00 e. The van der Waals surface area contributed by atoms with Crippen LogP contribution in [0.3, 0.4) is 0 Å². The average Bonchev–Trinajstić information content (AvgIpc) is 2.33. The Morgan fingerprint density at radius 3 is 2.67 bits per heavy atom. The first-order valence-corrected chi connectivity index (χ1v) is 6.12. The van der Waals surface area contributed by atoms with Crippen molar-refractivity contribution < 1.29 is 27.3 Å². The van der Waals surface area contributed by atoms with Crippen LogP contribution in [0.4, 0.5) is 4.79 Å². The molecule has 0 aliphatic carbocycles. The van der Waals surface area contributed by atoms with Crippen molar-refractivity contribution in [2.75, 3.05) is 12.4 Å². The predicted octanol–water partition coefficient (Wildman–Crippen LogP) is -3.28. The van der Waals surface area contributed by atoms with Crippen LogP contribution in [-0.4, -0.2) is 23.6 Å². The molecule has 0 fully saturated rings. The molecule has 18 heavy (non-hydrogen) atoms. The highest BCUT2D eigenvalue weighted by Gasteiger charge is 2.02. The van der Waals surface area contributed by atoms with Crippen LogP contribution in [0.25, 0.3) is 0 Å². The highest BCUT2D eigenvalue weighted by molar-refractivity contribution is 8.13. The van der Waals surface area contributed by atoms with Crippen molar-refractivity contribution in [1.82, 2.24) is 5.32 Å². The average molecular weight is 290 g/mol. The summed E-state index contributed by atoms with van der Waals surface area (Å²) in [5, 5.41) is 8.17. The number of carbonyl (C=O) groups is 1. The molecule has 5 N–H and O–H groups in total. The molecule has 0 unspecified atom stereocenters. The summed E-state index contributed by atoms with van der Waals surface area (Å²) in [4.78, 5) is 11.2. The first-order chi connectivity index (χ1) is 8.18. The Hall–Kier alpha value is -1.40. The maximum absolute atomic E-state index is 11.2. The maximum Gasteiger partial charge on any atom is 0.407 e. The molecule has 0 saturated heterocycles. The summed E-state index contributed by atoms with van der Waals surface area (Å²) in [6.07, 6.45) is -0.440. The second-order valence-electron chi connectivity index (χ2n) is 3.23.